The molecule has 1 aromatic carbocycles. The SMILES string of the molecule is CS(=O)(=O)Nc1cccc2c1CCCN2CCC(=O)Nc1sc2c(c1C#N)CCCC2. The molecule has 1 aliphatic carbocycles. The molecule has 0 bridgehead atoms. The molecule has 164 valence electrons. The molecule has 9 heteroatoms. The molecule has 0 saturated heterocycles. The number of rotatable bonds is 6. The van der Waals surface area contributed by atoms with Crippen molar-refractivity contribution in [2.75, 3.05) is 34.3 Å². The van der Waals surface area contributed by atoms with E-state index in [0.29, 0.717) is 29.2 Å². The molecule has 0 unspecified atom stereocenters. The molecule has 0 saturated carbocycles. The van der Waals surface area contributed by atoms with Gasteiger partial charge in [0, 0.05) is 30.1 Å². The summed E-state index contributed by atoms with van der Waals surface area (Å²) in [7, 11) is -3.35. The normalized spacial score (nSPS) is 15.5. The number of amides is 1. The van der Waals surface area contributed by atoms with Crippen molar-refractivity contribution in [1.82, 2.24) is 0 Å². The summed E-state index contributed by atoms with van der Waals surface area (Å²) in [6.45, 7) is 1.35. The number of nitriles is 1. The smallest absolute Gasteiger partial charge is 0.229 e. The van der Waals surface area contributed by atoms with Gasteiger partial charge in [-0.2, -0.15) is 5.26 Å². The number of nitrogens with zero attached hydrogens (tertiary/aromatic N) is 2. The van der Waals surface area contributed by atoms with Crippen molar-refractivity contribution in [3.8, 4) is 6.07 Å². The Balaban J connectivity index is 1.44. The fourth-order valence-corrected chi connectivity index (χ4v) is 6.27. The van der Waals surface area contributed by atoms with Crippen molar-refractivity contribution < 1.29 is 13.2 Å². The Morgan fingerprint density at radius 3 is 2.74 bits per heavy atom. The maximum Gasteiger partial charge on any atom is 0.229 e. The number of hydrogen-bond donors (Lipinski definition) is 2. The summed E-state index contributed by atoms with van der Waals surface area (Å²) in [6, 6.07) is 7.86. The van der Waals surface area contributed by atoms with E-state index in [1.54, 1.807) is 6.07 Å². The minimum absolute atomic E-state index is 0.104. The maximum atomic E-state index is 12.7. The van der Waals surface area contributed by atoms with Crippen LogP contribution in [0.3, 0.4) is 0 Å². The zero-order valence-electron chi connectivity index (χ0n) is 17.5. The number of sulfonamides is 1. The molecule has 0 atom stereocenters. The largest absolute Gasteiger partial charge is 0.371 e. The Hall–Kier alpha value is -2.57. The van der Waals surface area contributed by atoms with Gasteiger partial charge in [0.05, 0.1) is 17.5 Å². The lowest BCUT2D eigenvalue weighted by Crippen LogP contribution is -2.33. The lowest BCUT2D eigenvalue weighted by atomic mass is 9.96. The van der Waals surface area contributed by atoms with Crippen molar-refractivity contribution >= 4 is 43.6 Å². The number of fused-ring (bicyclic) bond motifs is 2. The molecule has 31 heavy (non-hydrogen) atoms. The first-order valence-electron chi connectivity index (χ1n) is 10.5. The molecular formula is C22H26N4O3S2. The van der Waals surface area contributed by atoms with E-state index in [9.17, 15) is 18.5 Å². The number of nitrogens with one attached hydrogen (secondary N) is 2. The number of carbonyl (C=O) groups excluding carboxylic acids is 1. The van der Waals surface area contributed by atoms with Gasteiger partial charge in [0.1, 0.15) is 11.1 Å². The summed E-state index contributed by atoms with van der Waals surface area (Å²) >= 11 is 1.54. The quantitative estimate of drug-likeness (QED) is 0.688. The summed E-state index contributed by atoms with van der Waals surface area (Å²) in [5.74, 6) is -0.104. The fourth-order valence-electron chi connectivity index (χ4n) is 4.43. The standard InChI is InChI=1S/C22H26N4O3S2/c1-31(28,29)25-18-8-4-9-19-16(18)7-5-12-26(19)13-11-21(27)24-22-17(14-23)15-6-2-3-10-20(15)30-22/h4,8-9,25H,2-3,5-7,10-13H2,1H3,(H,24,27). The van der Waals surface area contributed by atoms with Crippen LogP contribution in [-0.4, -0.2) is 33.7 Å². The predicted octanol–water partition coefficient (Wildman–Crippen LogP) is 3.65. The molecule has 2 aromatic rings. The minimum Gasteiger partial charge on any atom is -0.371 e. The van der Waals surface area contributed by atoms with Crippen LogP contribution in [0, 0.1) is 11.3 Å². The van der Waals surface area contributed by atoms with Gasteiger partial charge in [-0.3, -0.25) is 9.52 Å². The Labute approximate surface area is 187 Å². The van der Waals surface area contributed by atoms with Gasteiger partial charge in [0.25, 0.3) is 0 Å². The summed E-state index contributed by atoms with van der Waals surface area (Å²) in [6.07, 6.45) is 7.27. The van der Waals surface area contributed by atoms with Gasteiger partial charge in [-0.25, -0.2) is 8.42 Å². The molecule has 1 aliphatic heterocycles. The zero-order valence-corrected chi connectivity index (χ0v) is 19.2. The number of aryl methyl sites for hydroxylation is 1. The van der Waals surface area contributed by atoms with Crippen molar-refractivity contribution in [2.24, 2.45) is 0 Å². The Kier molecular flexibility index (Phi) is 6.21. The summed E-state index contributed by atoms with van der Waals surface area (Å²) < 4.78 is 26.0. The molecule has 7 nitrogen and oxygen atoms in total. The molecule has 4 rings (SSSR count). The van der Waals surface area contributed by atoms with Gasteiger partial charge >= 0.3 is 0 Å². The number of thiophene rings is 1. The summed E-state index contributed by atoms with van der Waals surface area (Å²) in [5, 5.41) is 13.2. The van der Waals surface area contributed by atoms with Gasteiger partial charge in [-0.1, -0.05) is 6.07 Å². The predicted molar refractivity (Wildman–Crippen MR) is 124 cm³/mol. The third kappa shape index (κ3) is 4.86. The highest BCUT2D eigenvalue weighted by Gasteiger charge is 2.23. The van der Waals surface area contributed by atoms with E-state index in [2.05, 4.69) is 21.0 Å². The van der Waals surface area contributed by atoms with E-state index in [-0.39, 0.29) is 5.91 Å². The lowest BCUT2D eigenvalue weighted by Gasteiger charge is -2.32. The van der Waals surface area contributed by atoms with E-state index in [4.69, 9.17) is 0 Å². The highest BCUT2D eigenvalue weighted by molar-refractivity contribution is 7.92. The van der Waals surface area contributed by atoms with Gasteiger partial charge in [-0.15, -0.1) is 11.3 Å². The minimum atomic E-state index is -3.35. The molecule has 1 aromatic heterocycles. The van der Waals surface area contributed by atoms with Crippen molar-refractivity contribution in [1.29, 1.82) is 5.26 Å². The summed E-state index contributed by atoms with van der Waals surface area (Å²) in [5.41, 5.74) is 4.30. The van der Waals surface area contributed by atoms with E-state index in [0.717, 1.165) is 68.1 Å². The van der Waals surface area contributed by atoms with Gasteiger partial charge in [0.15, 0.2) is 0 Å². The highest BCUT2D eigenvalue weighted by Crippen LogP contribution is 2.38. The Morgan fingerprint density at radius 1 is 1.19 bits per heavy atom. The van der Waals surface area contributed by atoms with E-state index in [1.807, 2.05) is 12.1 Å². The molecule has 0 fully saturated rings. The second-order valence-electron chi connectivity index (χ2n) is 8.09. The van der Waals surface area contributed by atoms with Gasteiger partial charge in [-0.05, 0) is 61.8 Å². The lowest BCUT2D eigenvalue weighted by molar-refractivity contribution is -0.116. The third-order valence-electron chi connectivity index (χ3n) is 5.79. The third-order valence-corrected chi connectivity index (χ3v) is 7.58. The Morgan fingerprint density at radius 2 is 1.97 bits per heavy atom. The van der Waals surface area contributed by atoms with Gasteiger partial charge in [0.2, 0.25) is 15.9 Å². The zero-order chi connectivity index (χ0) is 22.0. The molecular weight excluding hydrogens is 432 g/mol. The van der Waals surface area contributed by atoms with Crippen LogP contribution in [0.25, 0.3) is 0 Å². The van der Waals surface area contributed by atoms with Crippen molar-refractivity contribution in [3.05, 3.63) is 39.8 Å². The van der Waals surface area contributed by atoms with Crippen molar-refractivity contribution in [2.45, 2.75) is 44.9 Å². The van der Waals surface area contributed by atoms with Crippen LogP contribution < -0.4 is 14.9 Å². The first-order chi connectivity index (χ1) is 14.9. The second-order valence-corrected chi connectivity index (χ2v) is 10.9. The Bertz CT molecular complexity index is 1150. The van der Waals surface area contributed by atoms with Crippen LogP contribution in [-0.2, 0) is 34.1 Å². The average molecular weight is 459 g/mol. The molecule has 0 spiro atoms. The van der Waals surface area contributed by atoms with Crippen LogP contribution >= 0.6 is 11.3 Å². The van der Waals surface area contributed by atoms with Gasteiger partial charge < -0.3 is 10.2 Å². The second kappa shape index (κ2) is 8.89. The molecule has 2 aliphatic rings. The van der Waals surface area contributed by atoms with E-state index >= 15 is 0 Å². The fraction of sp³-hybridized carbons (Fsp3) is 0.455. The summed E-state index contributed by atoms with van der Waals surface area (Å²) in [4.78, 5) is 16.0. The van der Waals surface area contributed by atoms with Crippen molar-refractivity contribution in [3.63, 3.8) is 0 Å². The first kappa shape index (κ1) is 21.7. The topological polar surface area (TPSA) is 102 Å². The first-order valence-corrected chi connectivity index (χ1v) is 13.3. The van der Waals surface area contributed by atoms with Crippen LogP contribution in [0.2, 0.25) is 0 Å². The maximum absolute atomic E-state index is 12.7. The van der Waals surface area contributed by atoms with Crippen LogP contribution in [0.15, 0.2) is 18.2 Å². The number of carbonyl (C=O) groups is 1. The van der Waals surface area contributed by atoms with E-state index < -0.39 is 10.0 Å². The number of anilines is 3. The number of benzene rings is 1. The van der Waals surface area contributed by atoms with Crippen LogP contribution in [0.1, 0.15) is 47.3 Å². The molecule has 2 N–H and O–H groups in total. The van der Waals surface area contributed by atoms with Crippen LogP contribution in [0.4, 0.5) is 16.4 Å². The highest BCUT2D eigenvalue weighted by atomic mass is 32.2. The van der Waals surface area contributed by atoms with Crippen LogP contribution in [0.5, 0.6) is 0 Å². The molecule has 1 amide bonds. The molecule has 2 heterocycles. The number of hydrogen-bond acceptors (Lipinski definition) is 6. The molecule has 0 radical (unpaired) electrons. The average Bonchev–Trinajstić information content (AvgIpc) is 3.08. The monoisotopic (exact) mass is 458 g/mol. The van der Waals surface area contributed by atoms with E-state index in [1.165, 1.54) is 16.2 Å².